The monoisotopic (exact) mass is 260 g/mol. The molecule has 0 amide bonds. The van der Waals surface area contributed by atoms with Crippen LogP contribution in [0.15, 0.2) is 36.9 Å². The van der Waals surface area contributed by atoms with E-state index in [9.17, 15) is 4.79 Å². The molecule has 2 N–H and O–H groups in total. The molecule has 1 aromatic heterocycles. The molecular weight excluding hydrogens is 244 g/mol. The van der Waals surface area contributed by atoms with Crippen molar-refractivity contribution in [2.45, 2.75) is 25.8 Å². The average molecular weight is 260 g/mol. The van der Waals surface area contributed by atoms with Gasteiger partial charge in [-0.15, -0.1) is 0 Å². The second-order valence-electron chi connectivity index (χ2n) is 4.33. The van der Waals surface area contributed by atoms with Gasteiger partial charge in [-0.25, -0.2) is 9.67 Å². The van der Waals surface area contributed by atoms with Crippen LogP contribution in [0.5, 0.6) is 0 Å². The standard InChI is InChI=1S/C13H16N4O2/c1-10(6-7-13(18)19)16-11-4-2-3-5-12(11)17-9-14-8-15-17/h2-5,8-10,16H,6-7H2,1H3,(H,18,19). The van der Waals surface area contributed by atoms with Gasteiger partial charge in [-0.1, -0.05) is 12.1 Å². The first kappa shape index (κ1) is 13.1. The van der Waals surface area contributed by atoms with Crippen molar-refractivity contribution in [3.63, 3.8) is 0 Å². The molecule has 2 aromatic rings. The van der Waals surface area contributed by atoms with Crippen LogP contribution in [0.4, 0.5) is 5.69 Å². The number of anilines is 1. The van der Waals surface area contributed by atoms with E-state index in [1.54, 1.807) is 11.0 Å². The number of hydrogen-bond donors (Lipinski definition) is 2. The van der Waals surface area contributed by atoms with Gasteiger partial charge in [0.25, 0.3) is 0 Å². The first-order chi connectivity index (χ1) is 9.16. The maximum atomic E-state index is 10.6. The van der Waals surface area contributed by atoms with Gasteiger partial charge in [-0.3, -0.25) is 4.79 Å². The zero-order valence-corrected chi connectivity index (χ0v) is 10.7. The summed E-state index contributed by atoms with van der Waals surface area (Å²) in [5, 5.41) is 16.1. The Morgan fingerprint density at radius 1 is 1.47 bits per heavy atom. The number of rotatable bonds is 6. The molecule has 1 heterocycles. The van der Waals surface area contributed by atoms with E-state index in [1.165, 1.54) is 6.33 Å². The van der Waals surface area contributed by atoms with Gasteiger partial charge in [0.2, 0.25) is 0 Å². The molecule has 6 nitrogen and oxygen atoms in total. The van der Waals surface area contributed by atoms with Crippen molar-refractivity contribution < 1.29 is 9.90 Å². The molecule has 0 bridgehead atoms. The number of para-hydroxylation sites is 2. The van der Waals surface area contributed by atoms with Gasteiger partial charge in [0.05, 0.1) is 11.4 Å². The summed E-state index contributed by atoms with van der Waals surface area (Å²) < 4.78 is 1.67. The molecule has 1 unspecified atom stereocenters. The zero-order chi connectivity index (χ0) is 13.7. The van der Waals surface area contributed by atoms with Crippen LogP contribution in [-0.2, 0) is 4.79 Å². The summed E-state index contributed by atoms with van der Waals surface area (Å²) in [6, 6.07) is 7.78. The number of benzene rings is 1. The van der Waals surface area contributed by atoms with E-state index in [2.05, 4.69) is 15.4 Å². The largest absolute Gasteiger partial charge is 0.481 e. The van der Waals surface area contributed by atoms with E-state index in [-0.39, 0.29) is 12.5 Å². The van der Waals surface area contributed by atoms with Crippen molar-refractivity contribution >= 4 is 11.7 Å². The maximum absolute atomic E-state index is 10.6. The quantitative estimate of drug-likeness (QED) is 0.829. The van der Waals surface area contributed by atoms with Crippen molar-refractivity contribution in [2.75, 3.05) is 5.32 Å². The summed E-state index contributed by atoms with van der Waals surface area (Å²) in [4.78, 5) is 14.5. The summed E-state index contributed by atoms with van der Waals surface area (Å²) in [7, 11) is 0. The van der Waals surface area contributed by atoms with Gasteiger partial charge >= 0.3 is 5.97 Å². The molecule has 0 fully saturated rings. The number of aromatic nitrogens is 3. The Kier molecular flexibility index (Phi) is 4.12. The third-order valence-corrected chi connectivity index (χ3v) is 2.76. The van der Waals surface area contributed by atoms with Crippen LogP contribution in [0, 0.1) is 0 Å². The lowest BCUT2D eigenvalue weighted by Crippen LogP contribution is -2.18. The van der Waals surface area contributed by atoms with Crippen LogP contribution < -0.4 is 5.32 Å². The maximum Gasteiger partial charge on any atom is 0.303 e. The molecule has 6 heteroatoms. The molecule has 0 saturated carbocycles. The molecular formula is C13H16N4O2. The Morgan fingerprint density at radius 2 is 2.26 bits per heavy atom. The average Bonchev–Trinajstić information content (AvgIpc) is 2.91. The third-order valence-electron chi connectivity index (χ3n) is 2.76. The highest BCUT2D eigenvalue weighted by molar-refractivity contribution is 5.67. The highest BCUT2D eigenvalue weighted by atomic mass is 16.4. The van der Waals surface area contributed by atoms with Gasteiger partial charge in [0.1, 0.15) is 12.7 Å². The van der Waals surface area contributed by atoms with Crippen LogP contribution in [0.2, 0.25) is 0 Å². The van der Waals surface area contributed by atoms with Gasteiger partial charge in [-0.2, -0.15) is 5.10 Å². The van der Waals surface area contributed by atoms with Crippen LogP contribution in [-0.4, -0.2) is 31.9 Å². The van der Waals surface area contributed by atoms with E-state index in [1.807, 2.05) is 31.2 Å². The molecule has 1 aromatic carbocycles. The van der Waals surface area contributed by atoms with Crippen molar-refractivity contribution in [3.8, 4) is 5.69 Å². The molecule has 0 saturated heterocycles. The molecule has 19 heavy (non-hydrogen) atoms. The number of hydrogen-bond acceptors (Lipinski definition) is 4. The fourth-order valence-corrected chi connectivity index (χ4v) is 1.81. The van der Waals surface area contributed by atoms with E-state index >= 15 is 0 Å². The van der Waals surface area contributed by atoms with Crippen LogP contribution >= 0.6 is 0 Å². The lowest BCUT2D eigenvalue weighted by atomic mass is 10.1. The number of carboxylic acid groups (broad SMARTS) is 1. The predicted molar refractivity (Wildman–Crippen MR) is 71.3 cm³/mol. The van der Waals surface area contributed by atoms with Gasteiger partial charge in [0, 0.05) is 12.5 Å². The first-order valence-electron chi connectivity index (χ1n) is 6.09. The number of carboxylic acids is 1. The van der Waals surface area contributed by atoms with E-state index < -0.39 is 5.97 Å². The Balaban J connectivity index is 2.10. The van der Waals surface area contributed by atoms with Crippen LogP contribution in [0.25, 0.3) is 5.69 Å². The van der Waals surface area contributed by atoms with E-state index in [4.69, 9.17) is 5.11 Å². The molecule has 0 radical (unpaired) electrons. The summed E-state index contributed by atoms with van der Waals surface area (Å²) in [6.45, 7) is 1.96. The summed E-state index contributed by atoms with van der Waals surface area (Å²) in [6.07, 6.45) is 3.83. The molecule has 100 valence electrons. The minimum absolute atomic E-state index is 0.0702. The molecule has 0 spiro atoms. The second kappa shape index (κ2) is 5.99. The summed E-state index contributed by atoms with van der Waals surface area (Å²) >= 11 is 0. The first-order valence-corrected chi connectivity index (χ1v) is 6.09. The van der Waals surface area contributed by atoms with E-state index in [0.29, 0.717) is 6.42 Å². The highest BCUT2D eigenvalue weighted by Crippen LogP contribution is 2.20. The Labute approximate surface area is 111 Å². The fraction of sp³-hybridized carbons (Fsp3) is 0.308. The van der Waals surface area contributed by atoms with Crippen LogP contribution in [0.3, 0.4) is 0 Å². The molecule has 0 aliphatic carbocycles. The summed E-state index contributed by atoms with van der Waals surface area (Å²) in [5.74, 6) is -0.779. The van der Waals surface area contributed by atoms with Gasteiger partial charge in [-0.05, 0) is 25.5 Å². The fourth-order valence-electron chi connectivity index (χ4n) is 1.81. The third kappa shape index (κ3) is 3.54. The highest BCUT2D eigenvalue weighted by Gasteiger charge is 2.09. The number of aliphatic carboxylic acids is 1. The molecule has 2 rings (SSSR count). The van der Waals surface area contributed by atoms with Crippen molar-refractivity contribution in [1.29, 1.82) is 0 Å². The van der Waals surface area contributed by atoms with Gasteiger partial charge in [0.15, 0.2) is 0 Å². The number of carbonyl (C=O) groups is 1. The lowest BCUT2D eigenvalue weighted by Gasteiger charge is -2.17. The predicted octanol–water partition coefficient (Wildman–Crippen LogP) is 1.93. The minimum atomic E-state index is -0.779. The Hall–Kier alpha value is -2.37. The molecule has 0 aliphatic rings. The second-order valence-corrected chi connectivity index (χ2v) is 4.33. The molecule has 1 atom stereocenters. The number of nitrogens with one attached hydrogen (secondary N) is 1. The minimum Gasteiger partial charge on any atom is -0.481 e. The SMILES string of the molecule is CC(CCC(=O)O)Nc1ccccc1-n1cncn1. The van der Waals surface area contributed by atoms with E-state index in [0.717, 1.165) is 11.4 Å². The zero-order valence-electron chi connectivity index (χ0n) is 10.7. The summed E-state index contributed by atoms with van der Waals surface area (Å²) in [5.41, 5.74) is 1.80. The van der Waals surface area contributed by atoms with Crippen LogP contribution in [0.1, 0.15) is 19.8 Å². The van der Waals surface area contributed by atoms with Gasteiger partial charge < -0.3 is 10.4 Å². The Morgan fingerprint density at radius 3 is 2.95 bits per heavy atom. The number of nitrogens with zero attached hydrogens (tertiary/aromatic N) is 3. The normalized spacial score (nSPS) is 12.1. The van der Waals surface area contributed by atoms with Crippen molar-refractivity contribution in [1.82, 2.24) is 14.8 Å². The topological polar surface area (TPSA) is 80.0 Å². The lowest BCUT2D eigenvalue weighted by molar-refractivity contribution is -0.137. The Bertz CT molecular complexity index is 539. The molecule has 0 aliphatic heterocycles. The van der Waals surface area contributed by atoms with Crippen molar-refractivity contribution in [2.24, 2.45) is 0 Å². The smallest absolute Gasteiger partial charge is 0.303 e. The van der Waals surface area contributed by atoms with Crippen molar-refractivity contribution in [3.05, 3.63) is 36.9 Å².